The van der Waals surface area contributed by atoms with Gasteiger partial charge in [-0.05, 0) is 24.5 Å². The summed E-state index contributed by atoms with van der Waals surface area (Å²) < 4.78 is 16.1. The van der Waals surface area contributed by atoms with Crippen LogP contribution in [0.4, 0.5) is 15.9 Å². The number of nitrogens with two attached hydrogens (primary N) is 1. The van der Waals surface area contributed by atoms with Crippen LogP contribution in [-0.2, 0) is 0 Å². The fourth-order valence-corrected chi connectivity index (χ4v) is 3.02. The van der Waals surface area contributed by atoms with Crippen molar-refractivity contribution in [3.63, 3.8) is 0 Å². The maximum absolute atomic E-state index is 14.6. The minimum absolute atomic E-state index is 0.0129. The second kappa shape index (κ2) is 6.59. The van der Waals surface area contributed by atoms with E-state index in [0.717, 1.165) is 0 Å². The average Bonchev–Trinajstić information content (AvgIpc) is 2.89. The van der Waals surface area contributed by atoms with E-state index in [2.05, 4.69) is 36.2 Å². The van der Waals surface area contributed by atoms with Crippen LogP contribution in [0.1, 0.15) is 27.7 Å². The van der Waals surface area contributed by atoms with Crippen LogP contribution in [-0.4, -0.2) is 20.6 Å². The number of hydrogen-bond acceptors (Lipinski definition) is 4. The zero-order valence-electron chi connectivity index (χ0n) is 14.9. The first-order chi connectivity index (χ1) is 12.1. The molecule has 2 heterocycles. The van der Waals surface area contributed by atoms with Gasteiger partial charge in [0.15, 0.2) is 5.65 Å². The summed E-state index contributed by atoms with van der Waals surface area (Å²) in [6.07, 6.45) is 1.48. The van der Waals surface area contributed by atoms with E-state index < -0.39 is 5.82 Å². The number of nitrogens with one attached hydrogen (secondary N) is 1. The molecule has 0 amide bonds. The molecular formula is C18H20Cl2FN5. The molecule has 0 fully saturated rings. The van der Waals surface area contributed by atoms with Crippen molar-refractivity contribution < 1.29 is 4.39 Å². The van der Waals surface area contributed by atoms with E-state index in [1.165, 1.54) is 22.8 Å². The molecule has 2 aromatic heterocycles. The third-order valence-electron chi connectivity index (χ3n) is 4.50. The van der Waals surface area contributed by atoms with Gasteiger partial charge >= 0.3 is 0 Å². The molecule has 1 unspecified atom stereocenters. The minimum Gasteiger partial charge on any atom is -0.394 e. The predicted octanol–water partition coefficient (Wildman–Crippen LogP) is 5.27. The normalized spacial score (nSPS) is 13.2. The van der Waals surface area contributed by atoms with Crippen LogP contribution in [0.5, 0.6) is 0 Å². The lowest BCUT2D eigenvalue weighted by atomic mass is 9.88. The fourth-order valence-electron chi connectivity index (χ4n) is 2.50. The zero-order chi connectivity index (χ0) is 19.2. The Morgan fingerprint density at radius 1 is 1.23 bits per heavy atom. The number of rotatable bonds is 3. The summed E-state index contributed by atoms with van der Waals surface area (Å²) in [5, 5.41) is 8.01. The summed E-state index contributed by atoms with van der Waals surface area (Å²) in [6, 6.07) is 4.49. The molecule has 0 aliphatic rings. The van der Waals surface area contributed by atoms with Crippen LogP contribution in [0.2, 0.25) is 10.2 Å². The van der Waals surface area contributed by atoms with Gasteiger partial charge in [0.05, 0.1) is 22.5 Å². The SMILES string of the molecule is CC(Nc1c(-c2c(F)cccc2Cl)c(Cl)nc2c(N)cnn12)C(C)(C)C. The lowest BCUT2D eigenvalue weighted by Crippen LogP contribution is -2.32. The van der Waals surface area contributed by atoms with E-state index >= 15 is 0 Å². The summed E-state index contributed by atoms with van der Waals surface area (Å²) in [6.45, 7) is 8.31. The van der Waals surface area contributed by atoms with Gasteiger partial charge in [-0.1, -0.05) is 50.0 Å². The van der Waals surface area contributed by atoms with Gasteiger partial charge in [0.2, 0.25) is 0 Å². The van der Waals surface area contributed by atoms with Gasteiger partial charge in [0.1, 0.15) is 16.8 Å². The standard InChI is InChI=1S/C18H20Cl2FN5/c1-9(18(2,3)4)24-17-14(13-10(19)6-5-7-11(13)21)15(20)25-16-12(22)8-23-26(16)17/h5-9,24H,22H2,1-4H3. The summed E-state index contributed by atoms with van der Waals surface area (Å²) in [4.78, 5) is 4.30. The number of anilines is 2. The Labute approximate surface area is 161 Å². The monoisotopic (exact) mass is 395 g/mol. The number of nitrogen functional groups attached to an aromatic ring is 1. The van der Waals surface area contributed by atoms with E-state index in [4.69, 9.17) is 28.9 Å². The number of hydrogen-bond donors (Lipinski definition) is 2. The highest BCUT2D eigenvalue weighted by molar-refractivity contribution is 6.36. The van der Waals surface area contributed by atoms with E-state index in [1.807, 2.05) is 6.92 Å². The maximum atomic E-state index is 14.6. The Balaban J connectivity index is 2.35. The van der Waals surface area contributed by atoms with Gasteiger partial charge in [0, 0.05) is 11.6 Å². The van der Waals surface area contributed by atoms with Crippen molar-refractivity contribution in [3.8, 4) is 11.1 Å². The van der Waals surface area contributed by atoms with Crippen molar-refractivity contribution in [2.45, 2.75) is 33.7 Å². The first-order valence-corrected chi connectivity index (χ1v) is 8.90. The third-order valence-corrected chi connectivity index (χ3v) is 5.08. The van der Waals surface area contributed by atoms with Crippen LogP contribution in [0.3, 0.4) is 0 Å². The minimum atomic E-state index is -0.493. The van der Waals surface area contributed by atoms with Gasteiger partial charge in [0.25, 0.3) is 0 Å². The molecule has 0 saturated heterocycles. The number of benzene rings is 1. The first-order valence-electron chi connectivity index (χ1n) is 8.15. The highest BCUT2D eigenvalue weighted by Gasteiger charge is 2.27. The number of fused-ring (bicyclic) bond motifs is 1. The number of aromatic nitrogens is 3. The van der Waals surface area contributed by atoms with Gasteiger partial charge < -0.3 is 11.1 Å². The van der Waals surface area contributed by atoms with Crippen molar-refractivity contribution in [2.75, 3.05) is 11.1 Å². The highest BCUT2D eigenvalue weighted by atomic mass is 35.5. The second-order valence-corrected chi connectivity index (χ2v) is 8.06. The molecule has 3 aromatic rings. The van der Waals surface area contributed by atoms with Gasteiger partial charge in [-0.2, -0.15) is 9.61 Å². The molecule has 0 radical (unpaired) electrons. The molecular weight excluding hydrogens is 376 g/mol. The molecule has 1 atom stereocenters. The molecule has 0 bridgehead atoms. The molecule has 1 aromatic carbocycles. The molecule has 3 N–H and O–H groups in total. The molecule has 8 heteroatoms. The van der Waals surface area contributed by atoms with E-state index in [1.54, 1.807) is 6.07 Å². The average molecular weight is 396 g/mol. The van der Waals surface area contributed by atoms with Crippen LogP contribution >= 0.6 is 23.2 Å². The lowest BCUT2D eigenvalue weighted by molar-refractivity contribution is 0.358. The van der Waals surface area contributed by atoms with Gasteiger partial charge in [-0.15, -0.1) is 0 Å². The molecule has 0 spiro atoms. The second-order valence-electron chi connectivity index (χ2n) is 7.29. The molecule has 0 aliphatic carbocycles. The van der Waals surface area contributed by atoms with Crippen molar-refractivity contribution in [1.29, 1.82) is 0 Å². The van der Waals surface area contributed by atoms with Gasteiger partial charge in [-0.25, -0.2) is 9.37 Å². The van der Waals surface area contributed by atoms with Crippen LogP contribution in [0.15, 0.2) is 24.4 Å². The maximum Gasteiger partial charge on any atom is 0.182 e. The van der Waals surface area contributed by atoms with Crippen molar-refractivity contribution in [2.24, 2.45) is 5.41 Å². The summed E-state index contributed by atoms with van der Waals surface area (Å²) >= 11 is 12.7. The fraction of sp³-hybridized carbons (Fsp3) is 0.333. The Morgan fingerprint density at radius 2 is 1.92 bits per heavy atom. The smallest absolute Gasteiger partial charge is 0.182 e. The molecule has 138 valence electrons. The first kappa shape index (κ1) is 18.7. The molecule has 0 aliphatic heterocycles. The Bertz CT molecular complexity index is 958. The van der Waals surface area contributed by atoms with Crippen LogP contribution < -0.4 is 11.1 Å². The molecule has 26 heavy (non-hydrogen) atoms. The van der Waals surface area contributed by atoms with Crippen molar-refractivity contribution in [1.82, 2.24) is 14.6 Å². The van der Waals surface area contributed by atoms with E-state index in [0.29, 0.717) is 22.7 Å². The number of halogens is 3. The Hall–Kier alpha value is -2.05. The predicted molar refractivity (Wildman–Crippen MR) is 105 cm³/mol. The topological polar surface area (TPSA) is 68.2 Å². The van der Waals surface area contributed by atoms with Crippen LogP contribution in [0.25, 0.3) is 16.8 Å². The summed E-state index contributed by atoms with van der Waals surface area (Å²) in [5.41, 5.74) is 7.17. The Kier molecular flexibility index (Phi) is 4.75. The number of nitrogens with zero attached hydrogens (tertiary/aromatic N) is 3. The van der Waals surface area contributed by atoms with Crippen LogP contribution in [0, 0.1) is 11.2 Å². The summed E-state index contributed by atoms with van der Waals surface area (Å²) in [7, 11) is 0. The van der Waals surface area contributed by atoms with Crippen molar-refractivity contribution >= 4 is 40.4 Å². The highest BCUT2D eigenvalue weighted by Crippen LogP contribution is 2.41. The molecule has 0 saturated carbocycles. The lowest BCUT2D eigenvalue weighted by Gasteiger charge is -2.30. The summed E-state index contributed by atoms with van der Waals surface area (Å²) in [5.74, 6) is -0.00161. The quantitative estimate of drug-likeness (QED) is 0.592. The molecule has 5 nitrogen and oxygen atoms in total. The van der Waals surface area contributed by atoms with Gasteiger partial charge in [-0.3, -0.25) is 0 Å². The van der Waals surface area contributed by atoms with E-state index in [9.17, 15) is 4.39 Å². The van der Waals surface area contributed by atoms with Crippen molar-refractivity contribution in [3.05, 3.63) is 40.4 Å². The third kappa shape index (κ3) is 3.19. The molecule has 3 rings (SSSR count). The largest absolute Gasteiger partial charge is 0.394 e. The zero-order valence-corrected chi connectivity index (χ0v) is 16.5. The Morgan fingerprint density at radius 3 is 2.54 bits per heavy atom. The van der Waals surface area contributed by atoms with E-state index in [-0.39, 0.29) is 27.2 Å².